The van der Waals surface area contributed by atoms with E-state index in [2.05, 4.69) is 10.3 Å². The number of hydrogen-bond acceptors (Lipinski definition) is 3. The van der Waals surface area contributed by atoms with E-state index in [1.165, 1.54) is 0 Å². The van der Waals surface area contributed by atoms with Crippen molar-refractivity contribution >= 4 is 11.6 Å². The first-order valence-corrected chi connectivity index (χ1v) is 6.68. The lowest BCUT2D eigenvalue weighted by Crippen LogP contribution is -2.46. The number of carbonyl (C=O) groups excluding carboxylic acids is 1. The van der Waals surface area contributed by atoms with Crippen molar-refractivity contribution in [1.29, 1.82) is 0 Å². The Morgan fingerprint density at radius 1 is 1.50 bits per heavy atom. The van der Waals surface area contributed by atoms with E-state index in [9.17, 15) is 9.90 Å². The van der Waals surface area contributed by atoms with Gasteiger partial charge in [0.25, 0.3) is 5.91 Å². The third kappa shape index (κ3) is 2.99. The molecule has 2 heterocycles. The van der Waals surface area contributed by atoms with Gasteiger partial charge in [-0.1, -0.05) is 20.8 Å². The molecule has 0 spiro atoms. The molecule has 0 aromatic carbocycles. The maximum atomic E-state index is 12.2. The summed E-state index contributed by atoms with van der Waals surface area (Å²) < 4.78 is 1.81. The first-order chi connectivity index (χ1) is 9.31. The highest BCUT2D eigenvalue weighted by molar-refractivity contribution is 5.93. The summed E-state index contributed by atoms with van der Waals surface area (Å²) >= 11 is 0. The molecular formula is C15H21N3O2. The number of nitrogens with one attached hydrogen (secondary N) is 1. The van der Waals surface area contributed by atoms with Crippen molar-refractivity contribution in [2.45, 2.75) is 33.7 Å². The highest BCUT2D eigenvalue weighted by Crippen LogP contribution is 2.19. The number of carbonyl (C=O) groups is 1. The normalized spacial score (nSPS) is 13.4. The first-order valence-electron chi connectivity index (χ1n) is 6.68. The average Bonchev–Trinajstić information content (AvgIpc) is 2.77. The fraction of sp³-hybridized carbons (Fsp3) is 0.467. The topological polar surface area (TPSA) is 66.6 Å². The predicted molar refractivity (Wildman–Crippen MR) is 77.7 cm³/mol. The average molecular weight is 275 g/mol. The minimum Gasteiger partial charge on any atom is -0.394 e. The quantitative estimate of drug-likeness (QED) is 0.897. The zero-order valence-electron chi connectivity index (χ0n) is 12.3. The number of pyridine rings is 1. The van der Waals surface area contributed by atoms with Crippen molar-refractivity contribution in [2.24, 2.45) is 5.41 Å². The summed E-state index contributed by atoms with van der Waals surface area (Å²) in [5.41, 5.74) is 1.99. The molecule has 2 N–H and O–H groups in total. The van der Waals surface area contributed by atoms with Crippen molar-refractivity contribution in [3.63, 3.8) is 0 Å². The second-order valence-electron chi connectivity index (χ2n) is 6.17. The molecule has 0 bridgehead atoms. The molecule has 0 aliphatic rings. The Bertz CT molecular complexity index is 626. The Hall–Kier alpha value is -1.88. The lowest BCUT2D eigenvalue weighted by Gasteiger charge is -2.29. The number of hydrogen-bond donors (Lipinski definition) is 2. The lowest BCUT2D eigenvalue weighted by molar-refractivity contribution is 0.0843. The van der Waals surface area contributed by atoms with E-state index in [1.54, 1.807) is 6.20 Å². The molecule has 0 aliphatic carbocycles. The Morgan fingerprint density at radius 3 is 2.80 bits per heavy atom. The van der Waals surface area contributed by atoms with Crippen LogP contribution in [-0.4, -0.2) is 33.0 Å². The SMILES string of the molecule is Cc1ccn2cc(C(=O)NC(CO)C(C)(C)C)nc2c1. The molecule has 0 fully saturated rings. The standard InChI is InChI=1S/C15H21N3O2/c1-10-5-6-18-8-11(16-13(18)7-10)14(20)17-12(9-19)15(2,3)4/h5-8,12,19H,9H2,1-4H3,(H,17,20). The molecule has 1 unspecified atom stereocenters. The van der Waals surface area contributed by atoms with Gasteiger partial charge in [0.1, 0.15) is 11.3 Å². The van der Waals surface area contributed by atoms with Gasteiger partial charge in [0.2, 0.25) is 0 Å². The predicted octanol–water partition coefficient (Wildman–Crippen LogP) is 1.78. The highest BCUT2D eigenvalue weighted by Gasteiger charge is 2.26. The smallest absolute Gasteiger partial charge is 0.271 e. The van der Waals surface area contributed by atoms with Crippen LogP contribution in [0.25, 0.3) is 5.65 Å². The lowest BCUT2D eigenvalue weighted by atomic mass is 9.87. The molecule has 2 rings (SSSR count). The molecule has 0 aliphatic heterocycles. The Kier molecular flexibility index (Phi) is 3.81. The van der Waals surface area contributed by atoms with Gasteiger partial charge >= 0.3 is 0 Å². The number of imidazole rings is 1. The van der Waals surface area contributed by atoms with Crippen molar-refractivity contribution in [3.8, 4) is 0 Å². The summed E-state index contributed by atoms with van der Waals surface area (Å²) in [5.74, 6) is -0.264. The van der Waals surface area contributed by atoms with Crippen LogP contribution in [0.15, 0.2) is 24.5 Å². The van der Waals surface area contributed by atoms with E-state index in [0.717, 1.165) is 11.2 Å². The van der Waals surface area contributed by atoms with Gasteiger partial charge in [-0.3, -0.25) is 4.79 Å². The summed E-state index contributed by atoms with van der Waals surface area (Å²) in [6.07, 6.45) is 3.57. The second-order valence-corrected chi connectivity index (χ2v) is 6.17. The molecule has 5 nitrogen and oxygen atoms in total. The van der Waals surface area contributed by atoms with E-state index in [-0.39, 0.29) is 24.0 Å². The van der Waals surface area contributed by atoms with E-state index in [1.807, 2.05) is 50.4 Å². The van der Waals surface area contributed by atoms with Crippen molar-refractivity contribution in [2.75, 3.05) is 6.61 Å². The molecule has 0 saturated heterocycles. The monoisotopic (exact) mass is 275 g/mol. The number of aromatic nitrogens is 2. The summed E-state index contributed by atoms with van der Waals surface area (Å²) in [4.78, 5) is 16.5. The molecule has 5 heteroatoms. The van der Waals surface area contributed by atoms with Crippen molar-refractivity contribution < 1.29 is 9.90 Å². The molecule has 108 valence electrons. The van der Waals surface area contributed by atoms with Crippen molar-refractivity contribution in [3.05, 3.63) is 35.8 Å². The maximum Gasteiger partial charge on any atom is 0.271 e. The van der Waals surface area contributed by atoms with Crippen LogP contribution in [0.2, 0.25) is 0 Å². The molecule has 20 heavy (non-hydrogen) atoms. The van der Waals surface area contributed by atoms with Crippen LogP contribution < -0.4 is 5.32 Å². The van der Waals surface area contributed by atoms with Gasteiger partial charge in [0, 0.05) is 12.4 Å². The number of fused-ring (bicyclic) bond motifs is 1. The van der Waals surface area contributed by atoms with Crippen LogP contribution in [0, 0.1) is 12.3 Å². The highest BCUT2D eigenvalue weighted by atomic mass is 16.3. The summed E-state index contributed by atoms with van der Waals surface area (Å²) in [6.45, 7) is 7.81. The number of nitrogens with zero attached hydrogens (tertiary/aromatic N) is 2. The van der Waals surface area contributed by atoms with Crippen LogP contribution >= 0.6 is 0 Å². The van der Waals surface area contributed by atoms with Gasteiger partial charge in [-0.15, -0.1) is 0 Å². The molecule has 2 aromatic heterocycles. The van der Waals surface area contributed by atoms with Gasteiger partial charge in [-0.2, -0.15) is 0 Å². The third-order valence-electron chi connectivity index (χ3n) is 3.38. The first kappa shape index (κ1) is 14.5. The summed E-state index contributed by atoms with van der Waals surface area (Å²) in [6, 6.07) is 3.58. The minimum atomic E-state index is -0.304. The minimum absolute atomic E-state index is 0.0955. The largest absolute Gasteiger partial charge is 0.394 e. The zero-order valence-corrected chi connectivity index (χ0v) is 12.3. The van der Waals surface area contributed by atoms with Crippen LogP contribution in [0.5, 0.6) is 0 Å². The second kappa shape index (κ2) is 5.25. The summed E-state index contributed by atoms with van der Waals surface area (Å²) in [7, 11) is 0. The number of amides is 1. The van der Waals surface area contributed by atoms with Crippen LogP contribution in [0.4, 0.5) is 0 Å². The fourth-order valence-electron chi connectivity index (χ4n) is 1.96. The zero-order chi connectivity index (χ0) is 14.9. The summed E-state index contributed by atoms with van der Waals surface area (Å²) in [5, 5.41) is 12.2. The third-order valence-corrected chi connectivity index (χ3v) is 3.38. The van der Waals surface area contributed by atoms with E-state index in [0.29, 0.717) is 5.69 Å². The molecule has 1 atom stereocenters. The molecular weight excluding hydrogens is 254 g/mol. The van der Waals surface area contributed by atoms with Gasteiger partial charge in [-0.05, 0) is 30.0 Å². The van der Waals surface area contributed by atoms with Gasteiger partial charge < -0.3 is 14.8 Å². The number of aryl methyl sites for hydroxylation is 1. The Labute approximate surface area is 118 Å². The maximum absolute atomic E-state index is 12.2. The Morgan fingerprint density at radius 2 is 2.20 bits per heavy atom. The van der Waals surface area contributed by atoms with Crippen molar-refractivity contribution in [1.82, 2.24) is 14.7 Å². The van der Waals surface area contributed by atoms with Gasteiger partial charge in [0.15, 0.2) is 0 Å². The van der Waals surface area contributed by atoms with Crippen LogP contribution in [0.3, 0.4) is 0 Å². The molecule has 0 radical (unpaired) electrons. The van der Waals surface area contributed by atoms with Crippen LogP contribution in [-0.2, 0) is 0 Å². The van der Waals surface area contributed by atoms with Gasteiger partial charge in [-0.25, -0.2) is 4.98 Å². The molecule has 1 amide bonds. The number of aliphatic hydroxyl groups excluding tert-OH is 1. The molecule has 0 saturated carbocycles. The number of rotatable bonds is 3. The number of aliphatic hydroxyl groups is 1. The van der Waals surface area contributed by atoms with Crippen LogP contribution in [0.1, 0.15) is 36.8 Å². The van der Waals surface area contributed by atoms with E-state index >= 15 is 0 Å². The Balaban J connectivity index is 2.23. The van der Waals surface area contributed by atoms with Gasteiger partial charge in [0.05, 0.1) is 12.6 Å². The van der Waals surface area contributed by atoms with E-state index < -0.39 is 0 Å². The molecule has 2 aromatic rings. The fourth-order valence-corrected chi connectivity index (χ4v) is 1.96. The van der Waals surface area contributed by atoms with E-state index in [4.69, 9.17) is 0 Å².